The molecule has 1 aromatic rings. The number of hydrogen-bond donors (Lipinski definition) is 0. The van der Waals surface area contributed by atoms with Crippen molar-refractivity contribution in [3.8, 4) is 11.5 Å². The van der Waals surface area contributed by atoms with E-state index < -0.39 is 16.6 Å². The van der Waals surface area contributed by atoms with E-state index in [4.69, 9.17) is 8.85 Å². The molecule has 0 aromatic heterocycles. The fourth-order valence-electron chi connectivity index (χ4n) is 2.76. The molecule has 28 heavy (non-hydrogen) atoms. The van der Waals surface area contributed by atoms with Gasteiger partial charge in [-0.2, -0.15) is 0 Å². The van der Waals surface area contributed by atoms with Crippen molar-refractivity contribution in [2.24, 2.45) is 0 Å². The summed E-state index contributed by atoms with van der Waals surface area (Å²) in [6, 6.07) is 4.26. The first-order chi connectivity index (χ1) is 12.5. The van der Waals surface area contributed by atoms with E-state index in [0.29, 0.717) is 0 Å². The summed E-state index contributed by atoms with van der Waals surface area (Å²) in [7, 11) is -3.84. The van der Waals surface area contributed by atoms with Crippen molar-refractivity contribution in [1.82, 2.24) is 0 Å². The summed E-state index contributed by atoms with van der Waals surface area (Å²) in [6.07, 6.45) is 1.60. The fraction of sp³-hybridized carbons (Fsp3) is 0.583. The van der Waals surface area contributed by atoms with Gasteiger partial charge in [0.05, 0.1) is 0 Å². The average Bonchev–Trinajstić information content (AvgIpc) is 2.49. The van der Waals surface area contributed by atoms with Crippen LogP contribution in [0.1, 0.15) is 52.7 Å². The predicted molar refractivity (Wildman–Crippen MR) is 128 cm³/mol. The van der Waals surface area contributed by atoms with Crippen molar-refractivity contribution in [1.29, 1.82) is 0 Å². The first kappa shape index (κ1) is 23.0. The van der Waals surface area contributed by atoms with E-state index in [1.165, 1.54) is 11.1 Å². The summed E-state index contributed by atoms with van der Waals surface area (Å²) in [5.41, 5.74) is 4.71. The lowest BCUT2D eigenvalue weighted by Gasteiger charge is -2.40. The molecule has 1 aliphatic carbocycles. The largest absolute Gasteiger partial charge is 0.543 e. The molecule has 0 spiro atoms. The van der Waals surface area contributed by atoms with E-state index in [2.05, 4.69) is 93.0 Å². The van der Waals surface area contributed by atoms with Crippen molar-refractivity contribution in [3.05, 3.63) is 47.6 Å². The normalized spacial score (nSPS) is 16.1. The molecule has 0 unspecified atom stereocenters. The first-order valence-corrected chi connectivity index (χ1v) is 16.2. The highest BCUT2D eigenvalue weighted by atomic mass is 28.4. The van der Waals surface area contributed by atoms with Crippen molar-refractivity contribution in [3.63, 3.8) is 0 Å². The second kappa shape index (κ2) is 7.21. The van der Waals surface area contributed by atoms with Gasteiger partial charge in [-0.25, -0.2) is 0 Å². The fourth-order valence-corrected chi connectivity index (χ4v) is 4.86. The van der Waals surface area contributed by atoms with Gasteiger partial charge in [0.15, 0.2) is 0 Å². The highest BCUT2D eigenvalue weighted by Crippen LogP contribution is 2.45. The molecule has 0 bridgehead atoms. The molecule has 2 nitrogen and oxygen atoms in total. The van der Waals surface area contributed by atoms with Gasteiger partial charge in [-0.15, -0.1) is 0 Å². The lowest BCUT2D eigenvalue weighted by molar-refractivity contribution is 0.473. The highest BCUT2D eigenvalue weighted by Gasteiger charge is 2.41. The van der Waals surface area contributed by atoms with Crippen LogP contribution in [0.5, 0.6) is 11.5 Å². The van der Waals surface area contributed by atoms with Gasteiger partial charge in [0.2, 0.25) is 16.6 Å². The number of rotatable bonds is 4. The maximum atomic E-state index is 6.72. The Labute approximate surface area is 175 Å². The lowest BCUT2D eigenvalue weighted by Crippen LogP contribution is -2.45. The Morgan fingerprint density at radius 3 is 1.21 bits per heavy atom. The average molecular weight is 417 g/mol. The Kier molecular flexibility index (Phi) is 5.93. The van der Waals surface area contributed by atoms with Crippen molar-refractivity contribution in [2.75, 3.05) is 0 Å². The van der Waals surface area contributed by atoms with E-state index in [0.717, 1.165) is 35.5 Å². The quantitative estimate of drug-likeness (QED) is 0.469. The van der Waals surface area contributed by atoms with E-state index in [1.54, 1.807) is 0 Å². The Balaban J connectivity index is 2.54. The van der Waals surface area contributed by atoms with Crippen LogP contribution in [0.2, 0.25) is 36.3 Å². The number of benzene rings is 1. The molecule has 0 amide bonds. The molecular formula is C24H40O2Si2. The van der Waals surface area contributed by atoms with Gasteiger partial charge in [-0.1, -0.05) is 54.7 Å². The molecule has 0 atom stereocenters. The second-order valence-corrected chi connectivity index (χ2v) is 20.8. The summed E-state index contributed by atoms with van der Waals surface area (Å²) < 4.78 is 13.4. The van der Waals surface area contributed by atoms with Gasteiger partial charge in [-0.05, 0) is 59.5 Å². The monoisotopic (exact) mass is 416 g/mol. The number of hydrogen-bond acceptors (Lipinski definition) is 2. The third-order valence-electron chi connectivity index (χ3n) is 6.97. The molecule has 0 aliphatic heterocycles. The minimum atomic E-state index is -1.92. The Morgan fingerprint density at radius 1 is 0.679 bits per heavy atom. The molecule has 0 radical (unpaired) electrons. The summed E-state index contributed by atoms with van der Waals surface area (Å²) in [5, 5.41) is 0.316. The van der Waals surface area contributed by atoms with Crippen molar-refractivity contribution < 1.29 is 8.85 Å². The molecule has 1 aromatic carbocycles. The summed E-state index contributed by atoms with van der Waals surface area (Å²) in [5.74, 6) is 2.02. The number of fused-ring (bicyclic) bond motifs is 1. The van der Waals surface area contributed by atoms with Crippen LogP contribution in [0.4, 0.5) is 0 Å². The van der Waals surface area contributed by atoms with Crippen LogP contribution in [0.25, 0.3) is 0 Å². The van der Waals surface area contributed by atoms with Gasteiger partial charge < -0.3 is 8.85 Å². The molecular weight excluding hydrogens is 376 g/mol. The molecule has 0 fully saturated rings. The first-order valence-electron chi connectivity index (χ1n) is 10.3. The second-order valence-electron chi connectivity index (χ2n) is 11.3. The van der Waals surface area contributed by atoms with Crippen LogP contribution < -0.4 is 8.85 Å². The van der Waals surface area contributed by atoms with Crippen LogP contribution in [0.15, 0.2) is 36.4 Å². The standard InChI is InChI=1S/C24H40O2Si2/c1-17-15-19-20(16-18(17)2)22(26-28(11,12)24(6,7)8)14-13-21(19)25-27(9,10)23(3,4)5/h13-14H,1-2,15-16H2,3-12H3. The zero-order chi connectivity index (χ0) is 21.7. The minimum absolute atomic E-state index is 0.158. The molecule has 4 heteroatoms. The highest BCUT2D eigenvalue weighted by molar-refractivity contribution is 6.75. The Hall–Kier alpha value is -1.27. The van der Waals surface area contributed by atoms with E-state index in [9.17, 15) is 0 Å². The van der Waals surface area contributed by atoms with Gasteiger partial charge in [0, 0.05) is 24.0 Å². The Bertz CT molecular complexity index is 723. The third-order valence-corrected chi connectivity index (χ3v) is 15.7. The molecule has 2 rings (SSSR count). The number of allylic oxidation sites excluding steroid dienone is 2. The van der Waals surface area contributed by atoms with E-state index in [1.807, 2.05) is 0 Å². The molecule has 0 saturated heterocycles. The summed E-state index contributed by atoms with van der Waals surface area (Å²) in [4.78, 5) is 0. The van der Waals surface area contributed by atoms with Crippen LogP contribution in [0.3, 0.4) is 0 Å². The van der Waals surface area contributed by atoms with Gasteiger partial charge in [0.1, 0.15) is 11.5 Å². The van der Waals surface area contributed by atoms with Crippen LogP contribution in [-0.4, -0.2) is 16.6 Å². The molecule has 156 valence electrons. The third kappa shape index (κ3) is 4.49. The SMILES string of the molecule is C=C1Cc2c(O[Si](C)(C)C(C)(C)C)ccc(O[Si](C)(C)C(C)(C)C)c2CC1=C. The summed E-state index contributed by atoms with van der Waals surface area (Å²) in [6.45, 7) is 31.4. The van der Waals surface area contributed by atoms with Crippen LogP contribution in [-0.2, 0) is 12.8 Å². The molecule has 0 N–H and O–H groups in total. The van der Waals surface area contributed by atoms with Crippen LogP contribution >= 0.6 is 0 Å². The molecule has 1 aliphatic rings. The Morgan fingerprint density at radius 2 is 0.964 bits per heavy atom. The maximum absolute atomic E-state index is 6.72. The predicted octanol–water partition coefficient (Wildman–Crippen LogP) is 7.67. The molecule has 0 heterocycles. The molecule has 0 saturated carbocycles. The summed E-state index contributed by atoms with van der Waals surface area (Å²) >= 11 is 0. The van der Waals surface area contributed by atoms with Gasteiger partial charge in [-0.3, -0.25) is 0 Å². The van der Waals surface area contributed by atoms with Crippen molar-refractivity contribution in [2.45, 2.75) is 90.6 Å². The zero-order valence-electron chi connectivity index (χ0n) is 19.8. The maximum Gasteiger partial charge on any atom is 0.250 e. The smallest absolute Gasteiger partial charge is 0.250 e. The van der Waals surface area contributed by atoms with Crippen LogP contribution in [0, 0.1) is 0 Å². The minimum Gasteiger partial charge on any atom is -0.543 e. The van der Waals surface area contributed by atoms with Gasteiger partial charge in [0.25, 0.3) is 0 Å². The van der Waals surface area contributed by atoms with Crippen molar-refractivity contribution >= 4 is 16.6 Å². The van der Waals surface area contributed by atoms with E-state index >= 15 is 0 Å². The topological polar surface area (TPSA) is 18.5 Å². The lowest BCUT2D eigenvalue weighted by atomic mass is 9.85. The van der Waals surface area contributed by atoms with E-state index in [-0.39, 0.29) is 10.1 Å². The zero-order valence-corrected chi connectivity index (χ0v) is 21.8. The van der Waals surface area contributed by atoms with Gasteiger partial charge >= 0.3 is 0 Å².